The molecule has 19 heavy (non-hydrogen) atoms. The maximum absolute atomic E-state index is 12.5. The van der Waals surface area contributed by atoms with Crippen LogP contribution in [0.2, 0.25) is 5.02 Å². The van der Waals surface area contributed by atoms with Crippen molar-refractivity contribution in [3.8, 4) is 0 Å². The van der Waals surface area contributed by atoms with Crippen LogP contribution in [0.1, 0.15) is 6.92 Å². The van der Waals surface area contributed by atoms with Gasteiger partial charge in [0.15, 0.2) is 0 Å². The lowest BCUT2D eigenvalue weighted by molar-refractivity contribution is -0.0516. The Hall–Kier alpha value is -0.730. The van der Waals surface area contributed by atoms with Crippen LogP contribution in [-0.4, -0.2) is 54.7 Å². The molecule has 2 unspecified atom stereocenters. The Morgan fingerprint density at radius 3 is 3.00 bits per heavy atom. The van der Waals surface area contributed by atoms with E-state index in [9.17, 15) is 8.42 Å². The van der Waals surface area contributed by atoms with E-state index < -0.39 is 16.1 Å². The normalized spacial score (nSPS) is 25.4. The fourth-order valence-corrected chi connectivity index (χ4v) is 3.97. The molecule has 0 bridgehead atoms. The highest BCUT2D eigenvalue weighted by molar-refractivity contribution is 7.89. The average molecular weight is 307 g/mol. The predicted octanol–water partition coefficient (Wildman–Crippen LogP) is 0.505. The Labute approximate surface area is 117 Å². The zero-order chi connectivity index (χ0) is 14.0. The standard InChI is InChI=1S/C11H15ClN2O4S/c1-8-7-18-9(6-15)5-14(8)19(16,17)11-4-13-3-2-10(11)12/h2-4,8-9,15H,5-7H2,1H3. The second kappa shape index (κ2) is 5.72. The van der Waals surface area contributed by atoms with Crippen LogP contribution in [0.25, 0.3) is 0 Å². The number of ether oxygens (including phenoxy) is 1. The molecule has 2 atom stereocenters. The first kappa shape index (κ1) is 14.7. The number of aliphatic hydroxyl groups excluding tert-OH is 1. The summed E-state index contributed by atoms with van der Waals surface area (Å²) in [6.45, 7) is 1.86. The highest BCUT2D eigenvalue weighted by Crippen LogP contribution is 2.26. The number of rotatable bonds is 3. The first-order chi connectivity index (χ1) is 8.96. The van der Waals surface area contributed by atoms with Crippen LogP contribution < -0.4 is 0 Å². The van der Waals surface area contributed by atoms with E-state index in [1.807, 2.05) is 0 Å². The number of morpholine rings is 1. The third-order valence-electron chi connectivity index (χ3n) is 2.97. The van der Waals surface area contributed by atoms with E-state index in [4.69, 9.17) is 21.4 Å². The topological polar surface area (TPSA) is 79.7 Å². The number of sulfonamides is 1. The van der Waals surface area contributed by atoms with E-state index in [2.05, 4.69) is 4.98 Å². The molecule has 0 aliphatic carbocycles. The molecular weight excluding hydrogens is 292 g/mol. The van der Waals surface area contributed by atoms with Gasteiger partial charge in [0.2, 0.25) is 10.0 Å². The van der Waals surface area contributed by atoms with Gasteiger partial charge in [-0.15, -0.1) is 0 Å². The number of nitrogens with zero attached hydrogens (tertiary/aromatic N) is 2. The van der Waals surface area contributed by atoms with Crippen LogP contribution in [0.3, 0.4) is 0 Å². The van der Waals surface area contributed by atoms with Gasteiger partial charge in [0, 0.05) is 25.0 Å². The summed E-state index contributed by atoms with van der Waals surface area (Å²) in [6.07, 6.45) is 2.15. The first-order valence-corrected chi connectivity index (χ1v) is 7.62. The van der Waals surface area contributed by atoms with Crippen molar-refractivity contribution in [1.82, 2.24) is 9.29 Å². The molecule has 0 saturated carbocycles. The Bertz CT molecular complexity index is 551. The van der Waals surface area contributed by atoms with E-state index in [1.54, 1.807) is 6.92 Å². The molecule has 106 valence electrons. The van der Waals surface area contributed by atoms with E-state index in [-0.39, 0.29) is 35.7 Å². The van der Waals surface area contributed by atoms with Crippen molar-refractivity contribution in [2.45, 2.75) is 24.0 Å². The van der Waals surface area contributed by atoms with Gasteiger partial charge in [-0.05, 0) is 13.0 Å². The second-order valence-corrected chi connectivity index (χ2v) is 6.63. The molecule has 8 heteroatoms. The van der Waals surface area contributed by atoms with Crippen molar-refractivity contribution in [3.05, 3.63) is 23.5 Å². The predicted molar refractivity (Wildman–Crippen MR) is 69.4 cm³/mol. The Morgan fingerprint density at radius 1 is 1.63 bits per heavy atom. The number of hydrogen-bond donors (Lipinski definition) is 1. The third kappa shape index (κ3) is 2.90. The first-order valence-electron chi connectivity index (χ1n) is 5.80. The van der Waals surface area contributed by atoms with Crippen molar-refractivity contribution in [2.75, 3.05) is 19.8 Å². The second-order valence-electron chi connectivity index (χ2n) is 4.37. The smallest absolute Gasteiger partial charge is 0.246 e. The lowest BCUT2D eigenvalue weighted by Gasteiger charge is -2.36. The summed E-state index contributed by atoms with van der Waals surface area (Å²) in [4.78, 5) is 3.77. The summed E-state index contributed by atoms with van der Waals surface area (Å²) in [7, 11) is -3.74. The van der Waals surface area contributed by atoms with Crippen molar-refractivity contribution in [2.24, 2.45) is 0 Å². The number of halogens is 1. The Balaban J connectivity index is 2.36. The molecule has 1 aromatic rings. The van der Waals surface area contributed by atoms with Crippen LogP contribution in [0.15, 0.2) is 23.4 Å². The zero-order valence-corrected chi connectivity index (χ0v) is 11.9. The van der Waals surface area contributed by atoms with Crippen LogP contribution in [-0.2, 0) is 14.8 Å². The molecule has 1 saturated heterocycles. The molecule has 0 spiro atoms. The van der Waals surface area contributed by atoms with Gasteiger partial charge >= 0.3 is 0 Å². The van der Waals surface area contributed by atoms with E-state index >= 15 is 0 Å². The van der Waals surface area contributed by atoms with Gasteiger partial charge in [-0.1, -0.05) is 11.6 Å². The summed E-state index contributed by atoms with van der Waals surface area (Å²) in [5, 5.41) is 9.23. The molecule has 1 aromatic heterocycles. The molecule has 0 radical (unpaired) electrons. The van der Waals surface area contributed by atoms with E-state index in [1.165, 1.54) is 22.8 Å². The quantitative estimate of drug-likeness (QED) is 0.880. The number of pyridine rings is 1. The number of hydrogen-bond acceptors (Lipinski definition) is 5. The van der Waals surface area contributed by atoms with E-state index in [0.29, 0.717) is 0 Å². The molecule has 1 aliphatic heterocycles. The molecular formula is C11H15ClN2O4S. The van der Waals surface area contributed by atoms with Gasteiger partial charge in [0.05, 0.1) is 24.3 Å². The van der Waals surface area contributed by atoms with Gasteiger partial charge in [0.25, 0.3) is 0 Å². The maximum Gasteiger partial charge on any atom is 0.246 e. The molecule has 1 N–H and O–H groups in total. The van der Waals surface area contributed by atoms with Crippen molar-refractivity contribution in [1.29, 1.82) is 0 Å². The minimum Gasteiger partial charge on any atom is -0.394 e. The van der Waals surface area contributed by atoms with Crippen molar-refractivity contribution >= 4 is 21.6 Å². The molecule has 2 rings (SSSR count). The summed E-state index contributed by atoms with van der Waals surface area (Å²) < 4.78 is 31.7. The van der Waals surface area contributed by atoms with Gasteiger partial charge in [0.1, 0.15) is 4.90 Å². The summed E-state index contributed by atoms with van der Waals surface area (Å²) >= 11 is 5.92. The third-order valence-corrected chi connectivity index (χ3v) is 5.42. The van der Waals surface area contributed by atoms with Crippen molar-refractivity contribution in [3.63, 3.8) is 0 Å². The largest absolute Gasteiger partial charge is 0.394 e. The molecule has 2 heterocycles. The van der Waals surface area contributed by atoms with Crippen LogP contribution in [0.4, 0.5) is 0 Å². The monoisotopic (exact) mass is 306 g/mol. The molecule has 6 nitrogen and oxygen atoms in total. The van der Waals surface area contributed by atoms with Crippen LogP contribution >= 0.6 is 11.6 Å². The van der Waals surface area contributed by atoms with Gasteiger partial charge < -0.3 is 9.84 Å². The lowest BCUT2D eigenvalue weighted by Crippen LogP contribution is -2.51. The summed E-state index contributed by atoms with van der Waals surface area (Å²) in [5.74, 6) is 0. The Kier molecular flexibility index (Phi) is 4.42. The van der Waals surface area contributed by atoms with Crippen LogP contribution in [0.5, 0.6) is 0 Å². The SMILES string of the molecule is CC1COC(CO)CN1S(=O)(=O)c1cnccc1Cl. The number of aliphatic hydroxyl groups is 1. The Morgan fingerprint density at radius 2 is 2.37 bits per heavy atom. The molecule has 1 aliphatic rings. The van der Waals surface area contributed by atoms with Gasteiger partial charge in [-0.2, -0.15) is 4.31 Å². The summed E-state index contributed by atoms with van der Waals surface area (Å²) in [6, 6.07) is 1.12. The summed E-state index contributed by atoms with van der Waals surface area (Å²) in [5.41, 5.74) is 0. The molecule has 0 aromatic carbocycles. The van der Waals surface area contributed by atoms with Crippen LogP contribution in [0, 0.1) is 0 Å². The fraction of sp³-hybridized carbons (Fsp3) is 0.545. The molecule has 0 amide bonds. The highest BCUT2D eigenvalue weighted by Gasteiger charge is 2.36. The van der Waals surface area contributed by atoms with Gasteiger partial charge in [-0.25, -0.2) is 8.42 Å². The minimum absolute atomic E-state index is 0.0258. The highest BCUT2D eigenvalue weighted by atomic mass is 35.5. The van der Waals surface area contributed by atoms with E-state index in [0.717, 1.165) is 0 Å². The van der Waals surface area contributed by atoms with Gasteiger partial charge in [-0.3, -0.25) is 4.98 Å². The average Bonchev–Trinajstić information content (AvgIpc) is 2.39. The minimum atomic E-state index is -3.74. The number of aromatic nitrogens is 1. The van der Waals surface area contributed by atoms with Crippen molar-refractivity contribution < 1.29 is 18.3 Å². The lowest BCUT2D eigenvalue weighted by atomic mass is 10.2. The fourth-order valence-electron chi connectivity index (χ4n) is 1.92. The molecule has 1 fully saturated rings. The zero-order valence-electron chi connectivity index (χ0n) is 10.4. The maximum atomic E-state index is 12.5.